The van der Waals surface area contributed by atoms with Crippen molar-refractivity contribution in [3.8, 4) is 0 Å². The topological polar surface area (TPSA) is 6.48 Å². The molecule has 2 aliphatic heterocycles. The molecule has 5 aromatic carbocycles. The summed E-state index contributed by atoms with van der Waals surface area (Å²) in [4.78, 5) is 5.33. The van der Waals surface area contributed by atoms with Gasteiger partial charge in [-0.15, -0.1) is 11.3 Å². The first-order chi connectivity index (χ1) is 27.6. The molecule has 310 valence electrons. The normalized spacial score (nSPS) is 16.9. The summed E-state index contributed by atoms with van der Waals surface area (Å²) < 4.78 is 2.80. The van der Waals surface area contributed by atoms with Gasteiger partial charge in [-0.25, -0.2) is 0 Å². The average Bonchev–Trinajstić information content (AvgIpc) is 3.58. The van der Waals surface area contributed by atoms with Gasteiger partial charge in [0.15, 0.2) is 0 Å². The Kier molecular flexibility index (Phi) is 8.82. The summed E-state index contributed by atoms with van der Waals surface area (Å²) in [6, 6.07) is 34.5. The molecule has 0 radical (unpaired) electrons. The first-order valence-corrected chi connectivity index (χ1v) is 23.2. The van der Waals surface area contributed by atoms with E-state index in [2.05, 4.69) is 212 Å². The van der Waals surface area contributed by atoms with E-state index < -0.39 is 0 Å². The lowest BCUT2D eigenvalue weighted by molar-refractivity contribution is 0.403. The fourth-order valence-corrected chi connectivity index (χ4v) is 12.1. The second-order valence-electron chi connectivity index (χ2n) is 24.1. The van der Waals surface area contributed by atoms with Crippen LogP contribution in [0.4, 0.5) is 34.1 Å². The predicted octanol–water partition coefficient (Wildman–Crippen LogP) is 14.4. The molecule has 0 saturated heterocycles. The summed E-state index contributed by atoms with van der Waals surface area (Å²) in [6.45, 7) is 40.4. The Balaban J connectivity index is 1.43. The average molecular weight is 811 g/mol. The summed E-state index contributed by atoms with van der Waals surface area (Å²) in [5, 5.41) is 1.36. The van der Waals surface area contributed by atoms with Crippen molar-refractivity contribution in [1.82, 2.24) is 0 Å². The zero-order valence-electron chi connectivity index (χ0n) is 39.7. The van der Waals surface area contributed by atoms with E-state index in [4.69, 9.17) is 0 Å². The Labute approximate surface area is 366 Å². The third-order valence-electron chi connectivity index (χ3n) is 14.1. The van der Waals surface area contributed by atoms with Gasteiger partial charge in [0.2, 0.25) is 0 Å². The lowest BCUT2D eigenvalue weighted by atomic mass is 9.36. The third-order valence-corrected chi connectivity index (χ3v) is 15.3. The van der Waals surface area contributed by atoms with Gasteiger partial charge in [-0.1, -0.05) is 141 Å². The zero-order chi connectivity index (χ0) is 43.4. The highest BCUT2D eigenvalue weighted by molar-refractivity contribution is 7.33. The first-order valence-electron chi connectivity index (χ1n) is 22.4. The number of rotatable bonds is 2. The van der Waals surface area contributed by atoms with E-state index in [1.165, 1.54) is 98.9 Å². The molecule has 1 aromatic heterocycles. The van der Waals surface area contributed by atoms with Crippen LogP contribution in [0, 0.1) is 6.92 Å². The monoisotopic (exact) mass is 811 g/mol. The number of anilines is 6. The number of benzene rings is 5. The number of fused-ring (bicyclic) bond motifs is 7. The smallest absolute Gasteiger partial charge is 0.264 e. The highest BCUT2D eigenvalue weighted by Gasteiger charge is 2.49. The van der Waals surface area contributed by atoms with Crippen molar-refractivity contribution in [2.75, 3.05) is 9.80 Å². The van der Waals surface area contributed by atoms with Crippen molar-refractivity contribution in [1.29, 1.82) is 0 Å². The minimum atomic E-state index is -0.0129. The molecule has 0 spiro atoms. The molecule has 0 N–H and O–H groups in total. The molecule has 1 aliphatic carbocycles. The molecule has 0 fully saturated rings. The van der Waals surface area contributed by atoms with Crippen LogP contribution in [0.5, 0.6) is 0 Å². The molecule has 0 atom stereocenters. The molecule has 60 heavy (non-hydrogen) atoms. The quantitative estimate of drug-likeness (QED) is 0.161. The Morgan fingerprint density at radius 1 is 0.517 bits per heavy atom. The van der Waals surface area contributed by atoms with Gasteiger partial charge in [-0.3, -0.25) is 0 Å². The van der Waals surface area contributed by atoms with Crippen molar-refractivity contribution in [2.45, 2.75) is 157 Å². The summed E-state index contributed by atoms with van der Waals surface area (Å²) in [5.41, 5.74) is 20.6. The van der Waals surface area contributed by atoms with Crippen LogP contribution in [0.2, 0.25) is 0 Å². The molecule has 0 unspecified atom stereocenters. The highest BCUT2D eigenvalue weighted by Crippen LogP contribution is 2.54. The van der Waals surface area contributed by atoms with E-state index >= 15 is 0 Å². The summed E-state index contributed by atoms with van der Waals surface area (Å²) >= 11 is 2.01. The van der Waals surface area contributed by atoms with Crippen LogP contribution < -0.4 is 25.5 Å². The first kappa shape index (κ1) is 41.1. The molecule has 3 aliphatic rings. The summed E-state index contributed by atoms with van der Waals surface area (Å²) in [7, 11) is 0. The molecule has 0 bridgehead atoms. The van der Waals surface area contributed by atoms with Gasteiger partial charge in [0.25, 0.3) is 6.71 Å². The molecule has 2 nitrogen and oxygen atoms in total. The van der Waals surface area contributed by atoms with Crippen molar-refractivity contribution in [3.63, 3.8) is 0 Å². The van der Waals surface area contributed by atoms with Crippen molar-refractivity contribution < 1.29 is 0 Å². The fraction of sp³-hybridized carbons (Fsp3) is 0.429. The van der Waals surface area contributed by atoms with Crippen LogP contribution in [0.3, 0.4) is 0 Å². The van der Waals surface area contributed by atoms with Gasteiger partial charge in [-0.2, -0.15) is 0 Å². The molecular formula is C56H67BN2S. The van der Waals surface area contributed by atoms with Gasteiger partial charge in [-0.05, 0) is 150 Å². The zero-order valence-corrected chi connectivity index (χ0v) is 40.5. The van der Waals surface area contributed by atoms with Gasteiger partial charge < -0.3 is 9.80 Å². The standard InChI is InChI=1S/C56H67BN2S/c1-33-24-45-48-46(25-33)59(38-21-18-34(19-22-38)51(2,3)4)49-40-29-35(52(5,6)7)20-23-47(40)60-50(49)57(48)43-30-41-42(56(16,17)32-55(41,14)15)31-44(43)58(45)39-27-36(53(8,9)10)26-37(28-39)54(11,12)13/h18-31H,32H2,1-17H3. The van der Waals surface area contributed by atoms with Gasteiger partial charge in [0.1, 0.15) is 0 Å². The molecule has 6 aromatic rings. The molecule has 0 amide bonds. The number of hydrogen-bond acceptors (Lipinski definition) is 3. The van der Waals surface area contributed by atoms with Crippen LogP contribution in [0.1, 0.15) is 156 Å². The van der Waals surface area contributed by atoms with Crippen LogP contribution in [0.15, 0.2) is 84.9 Å². The highest BCUT2D eigenvalue weighted by atomic mass is 32.1. The molecule has 4 heteroatoms. The maximum atomic E-state index is 2.68. The van der Waals surface area contributed by atoms with E-state index in [1.807, 2.05) is 11.3 Å². The van der Waals surface area contributed by atoms with Crippen LogP contribution in [-0.2, 0) is 32.5 Å². The van der Waals surface area contributed by atoms with Crippen molar-refractivity contribution >= 4 is 78.0 Å². The number of aryl methyl sites for hydroxylation is 1. The molecule has 0 saturated carbocycles. The minimum Gasteiger partial charge on any atom is -0.311 e. The Morgan fingerprint density at radius 3 is 1.58 bits per heavy atom. The second-order valence-corrected chi connectivity index (χ2v) is 25.1. The summed E-state index contributed by atoms with van der Waals surface area (Å²) in [5.74, 6) is 0. The number of thiophene rings is 1. The predicted molar refractivity (Wildman–Crippen MR) is 266 cm³/mol. The Bertz CT molecular complexity index is 2700. The third kappa shape index (κ3) is 6.40. The van der Waals surface area contributed by atoms with Crippen LogP contribution in [-0.4, -0.2) is 6.71 Å². The van der Waals surface area contributed by atoms with E-state index in [9.17, 15) is 0 Å². The Morgan fingerprint density at radius 2 is 1.03 bits per heavy atom. The maximum absolute atomic E-state index is 2.68. The SMILES string of the molecule is Cc1cc2c3c(c1)N(c1ccc(C(C)(C)C)cc1)c1c(sc4ccc(C(C)(C)C)cc14)B3c1cc3c(cc1N2c1cc(C(C)(C)C)cc(C(C)(C)C)c1)C(C)(C)CC3(C)C. The minimum absolute atomic E-state index is 0.0129. The van der Waals surface area contributed by atoms with Crippen LogP contribution in [0.25, 0.3) is 10.1 Å². The lowest BCUT2D eigenvalue weighted by Crippen LogP contribution is -2.60. The summed E-state index contributed by atoms with van der Waals surface area (Å²) in [6.07, 6.45) is 1.13. The largest absolute Gasteiger partial charge is 0.311 e. The number of nitrogens with zero attached hydrogens (tertiary/aromatic N) is 2. The van der Waals surface area contributed by atoms with Gasteiger partial charge in [0, 0.05) is 43.3 Å². The number of hydrogen-bond donors (Lipinski definition) is 0. The van der Waals surface area contributed by atoms with Gasteiger partial charge in [0.05, 0.1) is 5.69 Å². The van der Waals surface area contributed by atoms with Gasteiger partial charge >= 0.3 is 0 Å². The van der Waals surface area contributed by atoms with E-state index in [0.29, 0.717) is 0 Å². The second kappa shape index (κ2) is 12.9. The molecule has 3 heterocycles. The van der Waals surface area contributed by atoms with E-state index in [-0.39, 0.29) is 39.2 Å². The Hall–Kier alpha value is -4.28. The fourth-order valence-electron chi connectivity index (χ4n) is 10.8. The van der Waals surface area contributed by atoms with E-state index in [0.717, 1.165) is 6.42 Å². The molecule has 9 rings (SSSR count). The van der Waals surface area contributed by atoms with Crippen LogP contribution >= 0.6 is 11.3 Å². The van der Waals surface area contributed by atoms with E-state index in [1.54, 1.807) is 0 Å². The maximum Gasteiger partial charge on any atom is 0.264 e. The lowest BCUT2D eigenvalue weighted by Gasteiger charge is -2.44. The molecular weight excluding hydrogens is 744 g/mol. The van der Waals surface area contributed by atoms with Crippen molar-refractivity contribution in [2.24, 2.45) is 0 Å². The van der Waals surface area contributed by atoms with Crippen molar-refractivity contribution in [3.05, 3.63) is 124 Å².